The fourth-order valence-electron chi connectivity index (χ4n) is 4.94. The molecule has 0 spiro atoms. The summed E-state index contributed by atoms with van der Waals surface area (Å²) < 4.78 is 157. The summed E-state index contributed by atoms with van der Waals surface area (Å²) in [6.07, 6.45) is 0.624. The number of carbonyl (C=O) groups excluding carboxylic acids is 1. The minimum absolute atomic E-state index is 0.00541. The predicted octanol–water partition coefficient (Wildman–Crippen LogP) is 9.91. The smallest absolute Gasteiger partial charge is 0.206 e. The Balaban J connectivity index is 1.67. The van der Waals surface area contributed by atoms with Gasteiger partial charge in [-0.1, -0.05) is 27.7 Å². The number of ketones is 1. The van der Waals surface area contributed by atoms with Gasteiger partial charge in [-0.3, -0.25) is 4.79 Å². The number of benzene rings is 4. The summed E-state index contributed by atoms with van der Waals surface area (Å²) in [4.78, 5) is 12.5. The van der Waals surface area contributed by atoms with Gasteiger partial charge in [0, 0.05) is 5.56 Å². The first kappa shape index (κ1) is 37.4. The number of ether oxygens (including phenoxy) is 2. The molecule has 0 aliphatic rings. The molecular formula is C35H30F8O5S. The largest absolute Gasteiger partial charge is 0.491 e. The molecule has 14 heteroatoms. The van der Waals surface area contributed by atoms with Crippen LogP contribution in [0.1, 0.15) is 75.4 Å². The third-order valence-corrected chi connectivity index (χ3v) is 10.3. The van der Waals surface area contributed by atoms with Crippen LogP contribution in [0.4, 0.5) is 35.1 Å². The van der Waals surface area contributed by atoms with Gasteiger partial charge in [-0.2, -0.15) is 8.78 Å². The monoisotopic (exact) mass is 714 g/mol. The zero-order valence-corrected chi connectivity index (χ0v) is 27.6. The van der Waals surface area contributed by atoms with Gasteiger partial charge < -0.3 is 9.47 Å². The first-order chi connectivity index (χ1) is 22.9. The standard InChI is InChI=1S/C35H30F8O5S/c1-6-17(4)47-18-9-13-20(14-10-18)49(45,46)21-15-11-19(12-16-21)48-34-31(42)27(38)23(28(39)32(34)43)33(44)22-25(36)29(40)24(30(41)26(22)37)35(5,7-2)8-3/h9-17H,6-8H2,1-5H3. The summed E-state index contributed by atoms with van der Waals surface area (Å²) in [6, 6.07) is 9.32. The zero-order chi connectivity index (χ0) is 36.6. The Morgan fingerprint density at radius 1 is 0.653 bits per heavy atom. The number of sulfone groups is 1. The van der Waals surface area contributed by atoms with E-state index in [1.807, 2.05) is 13.8 Å². The zero-order valence-electron chi connectivity index (χ0n) is 26.8. The van der Waals surface area contributed by atoms with Crippen LogP contribution in [0.2, 0.25) is 0 Å². The van der Waals surface area contributed by atoms with Crippen molar-refractivity contribution in [2.24, 2.45) is 0 Å². The molecule has 0 N–H and O–H groups in total. The van der Waals surface area contributed by atoms with Gasteiger partial charge >= 0.3 is 0 Å². The normalized spacial score (nSPS) is 12.6. The SMILES string of the molecule is CCC(C)Oc1ccc(S(=O)(=O)c2ccc(Oc3c(F)c(F)c(C(=O)c4c(F)c(F)c(C(C)(CC)CC)c(F)c4F)c(F)c3F)cc2)cc1. The Labute approximate surface area is 277 Å². The van der Waals surface area contributed by atoms with Gasteiger partial charge in [0.1, 0.15) is 22.6 Å². The van der Waals surface area contributed by atoms with Gasteiger partial charge in [0.05, 0.1) is 15.9 Å². The number of carbonyl (C=O) groups is 1. The average Bonchev–Trinajstić information content (AvgIpc) is 3.08. The van der Waals surface area contributed by atoms with E-state index >= 15 is 35.1 Å². The van der Waals surface area contributed by atoms with Crippen LogP contribution < -0.4 is 9.47 Å². The van der Waals surface area contributed by atoms with Crippen LogP contribution in [0, 0.1) is 46.5 Å². The average molecular weight is 715 g/mol. The summed E-state index contributed by atoms with van der Waals surface area (Å²) in [5.74, 6) is -22.5. The van der Waals surface area contributed by atoms with Gasteiger partial charge in [0.2, 0.25) is 33.0 Å². The van der Waals surface area contributed by atoms with Crippen LogP contribution in [0.5, 0.6) is 17.2 Å². The lowest BCUT2D eigenvalue weighted by molar-refractivity contribution is 0.101. The van der Waals surface area contributed by atoms with E-state index in [1.54, 1.807) is 0 Å². The molecule has 4 rings (SSSR count). The lowest BCUT2D eigenvalue weighted by Gasteiger charge is -2.29. The highest BCUT2D eigenvalue weighted by molar-refractivity contribution is 7.91. The molecule has 0 saturated carbocycles. The number of hydrogen-bond acceptors (Lipinski definition) is 5. The van der Waals surface area contributed by atoms with Crippen molar-refractivity contribution >= 4 is 15.6 Å². The molecule has 0 fully saturated rings. The summed E-state index contributed by atoms with van der Waals surface area (Å²) >= 11 is 0. The first-order valence-corrected chi connectivity index (χ1v) is 16.5. The maximum Gasteiger partial charge on any atom is 0.206 e. The van der Waals surface area contributed by atoms with E-state index in [9.17, 15) is 13.2 Å². The summed E-state index contributed by atoms with van der Waals surface area (Å²) in [6.45, 7) is 8.02. The van der Waals surface area contributed by atoms with Crippen LogP contribution >= 0.6 is 0 Å². The molecule has 0 bridgehead atoms. The molecule has 0 saturated heterocycles. The van der Waals surface area contributed by atoms with Crippen molar-refractivity contribution in [3.8, 4) is 17.2 Å². The van der Waals surface area contributed by atoms with Crippen molar-refractivity contribution in [2.45, 2.75) is 75.2 Å². The van der Waals surface area contributed by atoms with Gasteiger partial charge in [-0.15, -0.1) is 0 Å². The third-order valence-electron chi connectivity index (χ3n) is 8.50. The molecule has 262 valence electrons. The van der Waals surface area contributed by atoms with Crippen LogP contribution in [-0.4, -0.2) is 20.3 Å². The van der Waals surface area contributed by atoms with E-state index in [-0.39, 0.29) is 28.7 Å². The highest BCUT2D eigenvalue weighted by Crippen LogP contribution is 2.40. The maximum atomic E-state index is 15.1. The molecule has 4 aromatic rings. The number of halogens is 8. The second kappa shape index (κ2) is 14.2. The van der Waals surface area contributed by atoms with Crippen LogP contribution in [0.3, 0.4) is 0 Å². The van der Waals surface area contributed by atoms with E-state index in [0.717, 1.165) is 30.7 Å². The van der Waals surface area contributed by atoms with Gasteiger partial charge in [0.15, 0.2) is 34.9 Å². The predicted molar refractivity (Wildman–Crippen MR) is 163 cm³/mol. The quantitative estimate of drug-likeness (QED) is 0.0831. The summed E-state index contributed by atoms with van der Waals surface area (Å²) in [5, 5.41) is 0. The van der Waals surface area contributed by atoms with E-state index in [1.165, 1.54) is 45.0 Å². The lowest BCUT2D eigenvalue weighted by atomic mass is 9.76. The fraction of sp³-hybridized carbons (Fsp3) is 0.286. The number of rotatable bonds is 12. The van der Waals surface area contributed by atoms with Gasteiger partial charge in [-0.25, -0.2) is 34.8 Å². The van der Waals surface area contributed by atoms with Crippen molar-refractivity contribution in [3.63, 3.8) is 0 Å². The Bertz CT molecular complexity index is 1950. The third kappa shape index (κ3) is 6.75. The van der Waals surface area contributed by atoms with Crippen molar-refractivity contribution in [1.82, 2.24) is 0 Å². The fourth-order valence-corrected chi connectivity index (χ4v) is 6.20. The Morgan fingerprint density at radius 2 is 1.04 bits per heavy atom. The molecule has 0 heterocycles. The van der Waals surface area contributed by atoms with Crippen LogP contribution in [0.25, 0.3) is 0 Å². The molecule has 0 amide bonds. The van der Waals surface area contributed by atoms with Crippen molar-refractivity contribution in [1.29, 1.82) is 0 Å². The molecule has 1 unspecified atom stereocenters. The minimum Gasteiger partial charge on any atom is -0.491 e. The van der Waals surface area contributed by atoms with E-state index < -0.39 is 95.8 Å². The minimum atomic E-state index is -4.11. The van der Waals surface area contributed by atoms with Crippen molar-refractivity contribution < 1.29 is 57.8 Å². The molecule has 0 aliphatic carbocycles. The van der Waals surface area contributed by atoms with Crippen molar-refractivity contribution in [2.75, 3.05) is 0 Å². The van der Waals surface area contributed by atoms with E-state index in [4.69, 9.17) is 9.47 Å². The summed E-state index contributed by atoms with van der Waals surface area (Å²) in [5.41, 5.74) is -6.77. The molecule has 0 radical (unpaired) electrons. The van der Waals surface area contributed by atoms with Crippen LogP contribution in [-0.2, 0) is 15.3 Å². The molecular weight excluding hydrogens is 684 g/mol. The highest BCUT2D eigenvalue weighted by atomic mass is 32.2. The van der Waals surface area contributed by atoms with Gasteiger partial charge in [0.25, 0.3) is 0 Å². The number of hydrogen-bond donors (Lipinski definition) is 0. The second-order valence-electron chi connectivity index (χ2n) is 11.4. The molecule has 0 aromatic heterocycles. The van der Waals surface area contributed by atoms with E-state index in [2.05, 4.69) is 0 Å². The molecule has 49 heavy (non-hydrogen) atoms. The molecule has 4 aromatic carbocycles. The Hall–Kier alpha value is -4.46. The second-order valence-corrected chi connectivity index (χ2v) is 13.4. The lowest BCUT2D eigenvalue weighted by Crippen LogP contribution is -2.27. The molecule has 0 aliphatic heterocycles. The highest BCUT2D eigenvalue weighted by Gasteiger charge is 2.40. The maximum absolute atomic E-state index is 15.1. The molecule has 5 nitrogen and oxygen atoms in total. The van der Waals surface area contributed by atoms with Gasteiger partial charge in [-0.05, 0) is 80.1 Å². The summed E-state index contributed by atoms with van der Waals surface area (Å²) in [7, 11) is -4.11. The Morgan fingerprint density at radius 3 is 1.43 bits per heavy atom. The topological polar surface area (TPSA) is 69.7 Å². The van der Waals surface area contributed by atoms with Crippen LogP contribution in [0.15, 0.2) is 58.3 Å². The van der Waals surface area contributed by atoms with E-state index in [0.29, 0.717) is 5.75 Å². The van der Waals surface area contributed by atoms with Crippen molar-refractivity contribution in [3.05, 3.63) is 112 Å². The Kier molecular flexibility index (Phi) is 10.8. The first-order valence-electron chi connectivity index (χ1n) is 15.0. The molecule has 1 atom stereocenters.